The number of guanidine groups is 1. The Bertz CT molecular complexity index is 810. The number of benzene rings is 1. The molecule has 3 rings (SSSR count). The van der Waals surface area contributed by atoms with E-state index in [2.05, 4.69) is 34.4 Å². The minimum absolute atomic E-state index is 0. The number of aromatic nitrogens is 1. The molecule has 0 radical (unpaired) electrons. The normalized spacial score (nSPS) is 15.3. The lowest BCUT2D eigenvalue weighted by atomic mass is 10.1. The molecule has 31 heavy (non-hydrogen) atoms. The van der Waals surface area contributed by atoms with Gasteiger partial charge in [-0.1, -0.05) is 6.92 Å². The highest BCUT2D eigenvalue weighted by atomic mass is 127. The van der Waals surface area contributed by atoms with Crippen LogP contribution in [0.4, 0.5) is 4.39 Å². The number of nitrogens with one attached hydrogen (secondary N) is 2. The third kappa shape index (κ3) is 8.60. The lowest BCUT2D eigenvalue weighted by molar-refractivity contribution is 0.206. The van der Waals surface area contributed by atoms with E-state index in [1.54, 1.807) is 18.3 Å². The SMILES string of the molecule is CCCN1CCC(NC(=NCc2ccnc(Oc3ccc(F)cc3)c2)NCC)CC1.I. The molecule has 2 N–H and O–H groups in total. The first-order valence-corrected chi connectivity index (χ1v) is 10.8. The highest BCUT2D eigenvalue weighted by Crippen LogP contribution is 2.20. The highest BCUT2D eigenvalue weighted by molar-refractivity contribution is 14.0. The van der Waals surface area contributed by atoms with E-state index in [1.165, 1.54) is 25.1 Å². The lowest BCUT2D eigenvalue weighted by Gasteiger charge is -2.32. The van der Waals surface area contributed by atoms with Crippen molar-refractivity contribution in [3.05, 3.63) is 54.0 Å². The van der Waals surface area contributed by atoms with Gasteiger partial charge in [0.2, 0.25) is 5.88 Å². The maximum Gasteiger partial charge on any atom is 0.219 e. The molecule has 0 aliphatic carbocycles. The lowest BCUT2D eigenvalue weighted by Crippen LogP contribution is -2.48. The predicted octanol–water partition coefficient (Wildman–Crippen LogP) is 4.56. The van der Waals surface area contributed by atoms with Crippen LogP contribution in [0, 0.1) is 5.82 Å². The van der Waals surface area contributed by atoms with Gasteiger partial charge in [0.1, 0.15) is 11.6 Å². The first kappa shape index (κ1) is 25.3. The summed E-state index contributed by atoms with van der Waals surface area (Å²) in [5, 5.41) is 6.92. The van der Waals surface area contributed by atoms with Crippen molar-refractivity contribution >= 4 is 29.9 Å². The summed E-state index contributed by atoms with van der Waals surface area (Å²) in [7, 11) is 0. The monoisotopic (exact) mass is 541 g/mol. The second-order valence-electron chi connectivity index (χ2n) is 7.51. The molecule has 1 saturated heterocycles. The van der Waals surface area contributed by atoms with Crippen molar-refractivity contribution in [2.24, 2.45) is 4.99 Å². The number of likely N-dealkylation sites (tertiary alicyclic amines) is 1. The van der Waals surface area contributed by atoms with Crippen molar-refractivity contribution in [2.45, 2.75) is 45.7 Å². The minimum Gasteiger partial charge on any atom is -0.439 e. The molecule has 1 aromatic heterocycles. The van der Waals surface area contributed by atoms with E-state index in [4.69, 9.17) is 9.73 Å². The Morgan fingerprint density at radius 3 is 2.61 bits per heavy atom. The first-order chi connectivity index (χ1) is 14.7. The Kier molecular flexibility index (Phi) is 11.0. The van der Waals surface area contributed by atoms with Crippen LogP contribution in [-0.4, -0.2) is 48.1 Å². The Labute approximate surface area is 201 Å². The van der Waals surface area contributed by atoms with E-state index in [0.29, 0.717) is 24.2 Å². The van der Waals surface area contributed by atoms with E-state index >= 15 is 0 Å². The number of halogens is 2. The fourth-order valence-electron chi connectivity index (χ4n) is 3.53. The van der Waals surface area contributed by atoms with Crippen LogP contribution in [0.5, 0.6) is 11.6 Å². The molecule has 0 saturated carbocycles. The molecule has 2 aromatic rings. The van der Waals surface area contributed by atoms with Gasteiger partial charge in [-0.2, -0.15) is 0 Å². The van der Waals surface area contributed by atoms with Gasteiger partial charge in [-0.05, 0) is 68.6 Å². The van der Waals surface area contributed by atoms with Gasteiger partial charge >= 0.3 is 0 Å². The smallest absolute Gasteiger partial charge is 0.219 e. The van der Waals surface area contributed by atoms with Crippen LogP contribution in [0.15, 0.2) is 47.6 Å². The van der Waals surface area contributed by atoms with Crippen LogP contribution < -0.4 is 15.4 Å². The van der Waals surface area contributed by atoms with E-state index in [0.717, 1.165) is 44.0 Å². The maximum atomic E-state index is 13.1. The molecule has 0 bridgehead atoms. The summed E-state index contributed by atoms with van der Waals surface area (Å²) < 4.78 is 18.8. The second kappa shape index (κ2) is 13.5. The van der Waals surface area contributed by atoms with Gasteiger partial charge in [-0.25, -0.2) is 14.4 Å². The third-order valence-corrected chi connectivity index (χ3v) is 5.07. The molecule has 0 atom stereocenters. The van der Waals surface area contributed by atoms with Gasteiger partial charge in [-0.15, -0.1) is 24.0 Å². The fraction of sp³-hybridized carbons (Fsp3) is 0.478. The standard InChI is InChI=1S/C23H32FN5O.HI/c1-3-13-29-14-10-20(11-15-29)28-23(25-4-2)27-17-18-9-12-26-22(16-18)30-21-7-5-19(24)6-8-21;/h5-9,12,16,20H,3-4,10-11,13-15,17H2,1-2H3,(H2,25,27,28);1H. The van der Waals surface area contributed by atoms with Crippen LogP contribution in [0.1, 0.15) is 38.7 Å². The van der Waals surface area contributed by atoms with Crippen molar-refractivity contribution < 1.29 is 9.13 Å². The van der Waals surface area contributed by atoms with Crippen molar-refractivity contribution in [3.8, 4) is 11.6 Å². The summed E-state index contributed by atoms with van der Waals surface area (Å²) in [6, 6.07) is 10.1. The zero-order valence-corrected chi connectivity index (χ0v) is 20.6. The van der Waals surface area contributed by atoms with Gasteiger partial charge in [0, 0.05) is 37.9 Å². The Hall–Kier alpha value is -1.94. The van der Waals surface area contributed by atoms with Crippen LogP contribution in [-0.2, 0) is 6.54 Å². The van der Waals surface area contributed by atoms with Crippen molar-refractivity contribution in [2.75, 3.05) is 26.2 Å². The van der Waals surface area contributed by atoms with E-state index in [1.807, 2.05) is 12.1 Å². The van der Waals surface area contributed by atoms with Gasteiger partial charge < -0.3 is 20.3 Å². The average molecular weight is 541 g/mol. The molecule has 8 heteroatoms. The predicted molar refractivity (Wildman–Crippen MR) is 134 cm³/mol. The first-order valence-electron chi connectivity index (χ1n) is 10.8. The molecule has 1 aliphatic rings. The number of rotatable bonds is 8. The molecule has 2 heterocycles. The molecule has 0 amide bonds. The number of piperidine rings is 1. The van der Waals surface area contributed by atoms with Crippen LogP contribution in [0.25, 0.3) is 0 Å². The number of hydrogen-bond acceptors (Lipinski definition) is 4. The number of nitrogens with zero attached hydrogens (tertiary/aromatic N) is 3. The second-order valence-corrected chi connectivity index (χ2v) is 7.51. The molecule has 170 valence electrons. The van der Waals surface area contributed by atoms with Crippen LogP contribution in [0.2, 0.25) is 0 Å². The van der Waals surface area contributed by atoms with Crippen molar-refractivity contribution in [3.63, 3.8) is 0 Å². The average Bonchev–Trinajstić information content (AvgIpc) is 2.76. The molecule has 0 unspecified atom stereocenters. The summed E-state index contributed by atoms with van der Waals surface area (Å²) in [6.07, 6.45) is 5.18. The third-order valence-electron chi connectivity index (χ3n) is 5.07. The summed E-state index contributed by atoms with van der Waals surface area (Å²) in [4.78, 5) is 11.5. The Balaban J connectivity index is 0.00000341. The van der Waals surface area contributed by atoms with Crippen LogP contribution >= 0.6 is 24.0 Å². The summed E-state index contributed by atoms with van der Waals surface area (Å²) in [5.41, 5.74) is 0.997. The van der Waals surface area contributed by atoms with Gasteiger partial charge in [0.05, 0.1) is 6.54 Å². The molecule has 1 fully saturated rings. The van der Waals surface area contributed by atoms with Crippen molar-refractivity contribution in [1.82, 2.24) is 20.5 Å². The van der Waals surface area contributed by atoms with E-state index in [9.17, 15) is 4.39 Å². The topological polar surface area (TPSA) is 61.8 Å². The number of hydrogen-bond donors (Lipinski definition) is 2. The van der Waals surface area contributed by atoms with Gasteiger partial charge in [0.15, 0.2) is 5.96 Å². The summed E-state index contributed by atoms with van der Waals surface area (Å²) in [5.74, 6) is 1.56. The molecule has 6 nitrogen and oxygen atoms in total. The summed E-state index contributed by atoms with van der Waals surface area (Å²) >= 11 is 0. The molecule has 1 aromatic carbocycles. The maximum absolute atomic E-state index is 13.1. The highest BCUT2D eigenvalue weighted by Gasteiger charge is 2.19. The van der Waals surface area contributed by atoms with Crippen molar-refractivity contribution in [1.29, 1.82) is 0 Å². The number of aliphatic imine (C=N–C) groups is 1. The van der Waals surface area contributed by atoms with Gasteiger partial charge in [-0.3, -0.25) is 0 Å². The zero-order valence-electron chi connectivity index (χ0n) is 18.3. The Morgan fingerprint density at radius 1 is 1.19 bits per heavy atom. The fourth-order valence-corrected chi connectivity index (χ4v) is 3.53. The zero-order chi connectivity index (χ0) is 21.2. The van der Waals surface area contributed by atoms with Crippen LogP contribution in [0.3, 0.4) is 0 Å². The molecular weight excluding hydrogens is 508 g/mol. The van der Waals surface area contributed by atoms with E-state index < -0.39 is 0 Å². The number of pyridine rings is 1. The molecule has 1 aliphatic heterocycles. The minimum atomic E-state index is -0.294. The number of ether oxygens (including phenoxy) is 1. The molecule has 0 spiro atoms. The molecular formula is C23H33FIN5O. The summed E-state index contributed by atoms with van der Waals surface area (Å²) in [6.45, 7) is 9.10. The van der Waals surface area contributed by atoms with E-state index in [-0.39, 0.29) is 29.8 Å². The Morgan fingerprint density at radius 2 is 1.94 bits per heavy atom. The largest absolute Gasteiger partial charge is 0.439 e. The van der Waals surface area contributed by atoms with Gasteiger partial charge in [0.25, 0.3) is 0 Å². The quantitative estimate of drug-likeness (QED) is 0.292.